The van der Waals surface area contributed by atoms with Gasteiger partial charge in [0.05, 0.1) is 11.8 Å². The molecule has 2 heterocycles. The van der Waals surface area contributed by atoms with Crippen LogP contribution in [-0.2, 0) is 0 Å². The van der Waals surface area contributed by atoms with Crippen LogP contribution in [0.4, 0.5) is 5.69 Å². The average molecular weight is 293 g/mol. The molecule has 2 rings (SSSR count). The summed E-state index contributed by atoms with van der Waals surface area (Å²) < 4.78 is 0.980. The van der Waals surface area contributed by atoms with Gasteiger partial charge in [0.25, 0.3) is 5.91 Å². The summed E-state index contributed by atoms with van der Waals surface area (Å²) in [6.07, 6.45) is 0.0973. The van der Waals surface area contributed by atoms with Gasteiger partial charge in [-0.2, -0.15) is 0 Å². The van der Waals surface area contributed by atoms with Gasteiger partial charge in [0.2, 0.25) is 0 Å². The summed E-state index contributed by atoms with van der Waals surface area (Å²) in [6.45, 7) is 5.94. The van der Waals surface area contributed by atoms with Crippen LogP contribution in [0.15, 0.2) is 6.07 Å². The van der Waals surface area contributed by atoms with Crippen LogP contribution >= 0.6 is 11.3 Å². The third-order valence-electron chi connectivity index (χ3n) is 3.07. The highest BCUT2D eigenvalue weighted by Crippen LogP contribution is 2.35. The Hall–Kier alpha value is -1.66. The molecule has 0 aromatic carbocycles. The van der Waals surface area contributed by atoms with Gasteiger partial charge in [-0.15, -0.1) is 11.3 Å². The van der Waals surface area contributed by atoms with Crippen LogP contribution in [0.25, 0.3) is 10.1 Å². The second kappa shape index (κ2) is 5.76. The first kappa shape index (κ1) is 14.7. The van der Waals surface area contributed by atoms with Crippen molar-refractivity contribution >= 4 is 33.0 Å². The van der Waals surface area contributed by atoms with E-state index in [1.807, 2.05) is 19.9 Å². The Morgan fingerprint density at radius 1 is 1.55 bits per heavy atom. The minimum absolute atomic E-state index is 0.193. The molecule has 5 nitrogen and oxygen atoms in total. The fourth-order valence-corrected chi connectivity index (χ4v) is 3.31. The van der Waals surface area contributed by atoms with Crippen molar-refractivity contribution in [2.75, 3.05) is 12.3 Å². The maximum atomic E-state index is 12.1. The van der Waals surface area contributed by atoms with E-state index < -0.39 is 6.10 Å². The lowest BCUT2D eigenvalue weighted by atomic mass is 10.2. The van der Waals surface area contributed by atoms with E-state index in [2.05, 4.69) is 10.3 Å². The van der Waals surface area contributed by atoms with E-state index in [0.29, 0.717) is 23.5 Å². The first-order chi connectivity index (χ1) is 9.40. The van der Waals surface area contributed by atoms with Gasteiger partial charge >= 0.3 is 0 Å². The number of pyridine rings is 1. The van der Waals surface area contributed by atoms with E-state index in [-0.39, 0.29) is 5.91 Å². The number of carbonyl (C=O) groups excluding carboxylic acids is 1. The van der Waals surface area contributed by atoms with Crippen molar-refractivity contribution in [1.29, 1.82) is 0 Å². The van der Waals surface area contributed by atoms with Crippen molar-refractivity contribution in [2.24, 2.45) is 0 Å². The van der Waals surface area contributed by atoms with Crippen molar-refractivity contribution in [3.8, 4) is 0 Å². The molecule has 2 aromatic heterocycles. The smallest absolute Gasteiger partial charge is 0.263 e. The standard InChI is InChI=1S/C14H19N3O2S/c1-7-6-10-11(9(3)17-7)12(15)13(20-10)14(19)16-5-4-8(2)18/h6,8,18H,4-5,15H2,1-3H3,(H,16,19). The number of nitrogens with zero attached hydrogens (tertiary/aromatic N) is 1. The topological polar surface area (TPSA) is 88.2 Å². The summed E-state index contributed by atoms with van der Waals surface area (Å²) in [7, 11) is 0. The number of nitrogens with two attached hydrogens (primary N) is 1. The fourth-order valence-electron chi connectivity index (χ4n) is 2.12. The molecule has 0 aliphatic carbocycles. The van der Waals surface area contributed by atoms with Gasteiger partial charge in [-0.25, -0.2) is 0 Å². The predicted molar refractivity (Wildman–Crippen MR) is 82.1 cm³/mol. The minimum Gasteiger partial charge on any atom is -0.397 e. The lowest BCUT2D eigenvalue weighted by molar-refractivity contribution is 0.0950. The summed E-state index contributed by atoms with van der Waals surface area (Å²) in [4.78, 5) is 17.0. The highest BCUT2D eigenvalue weighted by atomic mass is 32.1. The first-order valence-electron chi connectivity index (χ1n) is 6.52. The van der Waals surface area contributed by atoms with Crippen molar-refractivity contribution in [3.05, 3.63) is 22.3 Å². The van der Waals surface area contributed by atoms with Gasteiger partial charge in [-0.3, -0.25) is 9.78 Å². The molecule has 0 spiro atoms. The number of thiophene rings is 1. The summed E-state index contributed by atoms with van der Waals surface area (Å²) in [5.74, 6) is -0.193. The van der Waals surface area contributed by atoms with Crippen molar-refractivity contribution in [3.63, 3.8) is 0 Å². The zero-order chi connectivity index (χ0) is 14.9. The number of aryl methyl sites for hydroxylation is 2. The molecule has 0 aliphatic heterocycles. The molecule has 6 heteroatoms. The first-order valence-corrected chi connectivity index (χ1v) is 7.34. The molecule has 1 unspecified atom stereocenters. The lowest BCUT2D eigenvalue weighted by Crippen LogP contribution is -2.26. The van der Waals surface area contributed by atoms with Gasteiger partial charge in [0, 0.05) is 28.0 Å². The molecule has 1 amide bonds. The van der Waals surface area contributed by atoms with E-state index in [1.165, 1.54) is 11.3 Å². The number of nitrogen functional groups attached to an aromatic ring is 1. The Balaban J connectivity index is 2.29. The number of hydrogen-bond donors (Lipinski definition) is 3. The zero-order valence-corrected chi connectivity index (χ0v) is 12.7. The van der Waals surface area contributed by atoms with Gasteiger partial charge in [0.15, 0.2) is 0 Å². The summed E-state index contributed by atoms with van der Waals surface area (Å²) in [5.41, 5.74) is 8.33. The third-order valence-corrected chi connectivity index (χ3v) is 4.22. The van der Waals surface area contributed by atoms with E-state index in [9.17, 15) is 9.90 Å². The Kier molecular flexibility index (Phi) is 4.25. The number of aliphatic hydroxyl groups is 1. The number of aliphatic hydroxyl groups excluding tert-OH is 1. The quantitative estimate of drug-likeness (QED) is 0.804. The number of aromatic nitrogens is 1. The van der Waals surface area contributed by atoms with E-state index in [1.54, 1.807) is 6.92 Å². The molecule has 0 aliphatic rings. The summed E-state index contributed by atoms with van der Waals surface area (Å²) >= 11 is 1.38. The lowest BCUT2D eigenvalue weighted by Gasteiger charge is -2.06. The van der Waals surface area contributed by atoms with Gasteiger partial charge in [-0.05, 0) is 33.3 Å². The highest BCUT2D eigenvalue weighted by Gasteiger charge is 2.18. The number of rotatable bonds is 4. The van der Waals surface area contributed by atoms with E-state index in [0.717, 1.165) is 21.5 Å². The van der Waals surface area contributed by atoms with Crippen molar-refractivity contribution < 1.29 is 9.90 Å². The van der Waals surface area contributed by atoms with Gasteiger partial charge in [-0.1, -0.05) is 0 Å². The SMILES string of the molecule is Cc1cc2sc(C(=O)NCCC(C)O)c(N)c2c(C)n1. The normalized spacial score (nSPS) is 12.6. The zero-order valence-electron chi connectivity index (χ0n) is 11.9. The molecule has 1 atom stereocenters. The maximum absolute atomic E-state index is 12.1. The second-order valence-electron chi connectivity index (χ2n) is 4.96. The molecule has 108 valence electrons. The van der Waals surface area contributed by atoms with Crippen LogP contribution in [0.5, 0.6) is 0 Å². The van der Waals surface area contributed by atoms with Crippen LogP contribution in [0.3, 0.4) is 0 Å². The predicted octanol–water partition coefficient (Wildman–Crippen LogP) is 2.00. The van der Waals surface area contributed by atoms with Crippen LogP contribution < -0.4 is 11.1 Å². The van der Waals surface area contributed by atoms with Crippen LogP contribution in [0.1, 0.15) is 34.4 Å². The molecule has 4 N–H and O–H groups in total. The monoisotopic (exact) mass is 293 g/mol. The average Bonchev–Trinajstić information content (AvgIpc) is 2.65. The van der Waals surface area contributed by atoms with Crippen molar-refractivity contribution in [1.82, 2.24) is 10.3 Å². The Bertz CT molecular complexity index is 649. The Morgan fingerprint density at radius 2 is 2.25 bits per heavy atom. The number of nitrogens with one attached hydrogen (secondary N) is 1. The molecular formula is C14H19N3O2S. The van der Waals surface area contributed by atoms with Crippen LogP contribution in [0.2, 0.25) is 0 Å². The summed E-state index contributed by atoms with van der Waals surface area (Å²) in [5, 5.41) is 12.8. The van der Waals surface area contributed by atoms with E-state index in [4.69, 9.17) is 5.73 Å². The Morgan fingerprint density at radius 3 is 2.90 bits per heavy atom. The number of amides is 1. The number of carbonyl (C=O) groups is 1. The number of fused-ring (bicyclic) bond motifs is 1. The molecule has 0 fully saturated rings. The minimum atomic E-state index is -0.427. The molecule has 0 saturated heterocycles. The van der Waals surface area contributed by atoms with Crippen LogP contribution in [-0.4, -0.2) is 28.6 Å². The third kappa shape index (κ3) is 2.91. The molecule has 0 radical (unpaired) electrons. The maximum Gasteiger partial charge on any atom is 0.263 e. The summed E-state index contributed by atoms with van der Waals surface area (Å²) in [6, 6.07) is 1.94. The van der Waals surface area contributed by atoms with Gasteiger partial charge in [0.1, 0.15) is 4.88 Å². The highest BCUT2D eigenvalue weighted by molar-refractivity contribution is 7.21. The number of anilines is 1. The number of hydrogen-bond acceptors (Lipinski definition) is 5. The molecule has 2 aromatic rings. The fraction of sp³-hybridized carbons (Fsp3) is 0.429. The molecular weight excluding hydrogens is 274 g/mol. The largest absolute Gasteiger partial charge is 0.397 e. The molecule has 0 bridgehead atoms. The van der Waals surface area contributed by atoms with Crippen LogP contribution in [0, 0.1) is 13.8 Å². The molecule has 20 heavy (non-hydrogen) atoms. The second-order valence-corrected chi connectivity index (χ2v) is 6.01. The Labute approximate surface area is 121 Å². The molecule has 0 saturated carbocycles. The van der Waals surface area contributed by atoms with Crippen molar-refractivity contribution in [2.45, 2.75) is 33.3 Å². The van der Waals surface area contributed by atoms with Gasteiger partial charge < -0.3 is 16.2 Å². The van der Waals surface area contributed by atoms with E-state index >= 15 is 0 Å².